The largest absolute Gasteiger partial charge is 0.396 e. The quantitative estimate of drug-likeness (QED) is 0.765. The zero-order valence-corrected chi connectivity index (χ0v) is 11.1. The Morgan fingerprint density at radius 3 is 2.53 bits per heavy atom. The minimum Gasteiger partial charge on any atom is -0.396 e. The monoisotopic (exact) mass is 253 g/mol. The standard InChI is InChI=1S/C13H19NO2S/c1-3-11(8-9-15)14-13(16)10-4-6-12(17-2)7-5-10/h4-7,11,15H,3,8-9H2,1-2H3,(H,14,16). The van der Waals surface area contributed by atoms with E-state index in [1.54, 1.807) is 11.8 Å². The summed E-state index contributed by atoms with van der Waals surface area (Å²) in [7, 11) is 0. The first-order chi connectivity index (χ1) is 8.21. The SMILES string of the molecule is CCC(CCO)NC(=O)c1ccc(SC)cc1. The molecule has 0 bridgehead atoms. The zero-order valence-electron chi connectivity index (χ0n) is 10.3. The Balaban J connectivity index is 2.62. The molecule has 1 atom stereocenters. The van der Waals surface area contributed by atoms with Crippen molar-refractivity contribution < 1.29 is 9.90 Å². The number of aliphatic hydroxyl groups excluding tert-OH is 1. The van der Waals surface area contributed by atoms with Crippen LogP contribution in [0, 0.1) is 0 Å². The second kappa shape index (κ2) is 7.35. The van der Waals surface area contributed by atoms with E-state index in [0.29, 0.717) is 12.0 Å². The lowest BCUT2D eigenvalue weighted by Gasteiger charge is -2.15. The van der Waals surface area contributed by atoms with E-state index in [1.165, 1.54) is 0 Å². The first kappa shape index (κ1) is 14.1. The number of carbonyl (C=O) groups is 1. The van der Waals surface area contributed by atoms with Crippen molar-refractivity contribution >= 4 is 17.7 Å². The number of nitrogens with one attached hydrogen (secondary N) is 1. The van der Waals surface area contributed by atoms with Crippen molar-refractivity contribution in [2.24, 2.45) is 0 Å². The van der Waals surface area contributed by atoms with Crippen molar-refractivity contribution in [2.75, 3.05) is 12.9 Å². The molecule has 94 valence electrons. The topological polar surface area (TPSA) is 49.3 Å². The van der Waals surface area contributed by atoms with Crippen LogP contribution in [0.4, 0.5) is 0 Å². The van der Waals surface area contributed by atoms with Crippen molar-refractivity contribution in [2.45, 2.75) is 30.7 Å². The van der Waals surface area contributed by atoms with Gasteiger partial charge in [0.05, 0.1) is 0 Å². The number of rotatable bonds is 6. The van der Waals surface area contributed by atoms with Crippen LogP contribution in [0.2, 0.25) is 0 Å². The average Bonchev–Trinajstić information content (AvgIpc) is 2.38. The van der Waals surface area contributed by atoms with Gasteiger partial charge in [-0.1, -0.05) is 6.92 Å². The molecule has 0 radical (unpaired) electrons. The average molecular weight is 253 g/mol. The lowest BCUT2D eigenvalue weighted by Crippen LogP contribution is -2.35. The minimum absolute atomic E-state index is 0.0488. The molecule has 0 heterocycles. The van der Waals surface area contributed by atoms with Crippen LogP contribution in [0.25, 0.3) is 0 Å². The van der Waals surface area contributed by atoms with E-state index >= 15 is 0 Å². The zero-order chi connectivity index (χ0) is 12.7. The highest BCUT2D eigenvalue weighted by atomic mass is 32.2. The van der Waals surface area contributed by atoms with E-state index in [0.717, 1.165) is 11.3 Å². The third kappa shape index (κ3) is 4.40. The van der Waals surface area contributed by atoms with Gasteiger partial charge in [0, 0.05) is 23.1 Å². The molecule has 0 saturated carbocycles. The molecule has 0 spiro atoms. The molecule has 0 aliphatic heterocycles. The maximum Gasteiger partial charge on any atom is 0.251 e. The van der Waals surface area contributed by atoms with Crippen LogP contribution in [0.5, 0.6) is 0 Å². The Kier molecular flexibility index (Phi) is 6.08. The first-order valence-corrected chi connectivity index (χ1v) is 6.99. The van der Waals surface area contributed by atoms with Gasteiger partial charge in [-0.05, 0) is 43.4 Å². The third-order valence-corrected chi connectivity index (χ3v) is 3.40. The number of thioether (sulfide) groups is 1. The van der Waals surface area contributed by atoms with Crippen LogP contribution in [0.15, 0.2) is 29.2 Å². The highest BCUT2D eigenvalue weighted by Crippen LogP contribution is 2.15. The van der Waals surface area contributed by atoms with Crippen molar-refractivity contribution in [3.63, 3.8) is 0 Å². The van der Waals surface area contributed by atoms with E-state index < -0.39 is 0 Å². The molecule has 1 unspecified atom stereocenters. The summed E-state index contributed by atoms with van der Waals surface area (Å²) < 4.78 is 0. The second-order valence-corrected chi connectivity index (χ2v) is 4.70. The van der Waals surface area contributed by atoms with Gasteiger partial charge < -0.3 is 10.4 Å². The summed E-state index contributed by atoms with van der Waals surface area (Å²) in [6, 6.07) is 7.58. The molecule has 1 rings (SSSR count). The fourth-order valence-electron chi connectivity index (χ4n) is 1.55. The fraction of sp³-hybridized carbons (Fsp3) is 0.462. The molecule has 0 fully saturated rings. The molecule has 2 N–H and O–H groups in total. The fourth-order valence-corrected chi connectivity index (χ4v) is 1.95. The maximum atomic E-state index is 11.9. The predicted octanol–water partition coefficient (Wildman–Crippen LogP) is 2.30. The number of hydrogen-bond donors (Lipinski definition) is 2. The third-order valence-electron chi connectivity index (χ3n) is 2.66. The van der Waals surface area contributed by atoms with Crippen molar-refractivity contribution in [3.8, 4) is 0 Å². The Morgan fingerprint density at radius 2 is 2.06 bits per heavy atom. The minimum atomic E-state index is -0.0713. The van der Waals surface area contributed by atoms with Crippen LogP contribution < -0.4 is 5.32 Å². The lowest BCUT2D eigenvalue weighted by molar-refractivity contribution is 0.0929. The highest BCUT2D eigenvalue weighted by Gasteiger charge is 2.11. The molecule has 0 saturated heterocycles. The van der Waals surface area contributed by atoms with E-state index in [9.17, 15) is 4.79 Å². The smallest absolute Gasteiger partial charge is 0.251 e. The van der Waals surface area contributed by atoms with Crippen LogP contribution >= 0.6 is 11.8 Å². The number of amides is 1. The van der Waals surface area contributed by atoms with Crippen molar-refractivity contribution in [3.05, 3.63) is 29.8 Å². The lowest BCUT2D eigenvalue weighted by atomic mass is 10.1. The Morgan fingerprint density at radius 1 is 1.41 bits per heavy atom. The summed E-state index contributed by atoms with van der Waals surface area (Å²) in [5, 5.41) is 11.8. The van der Waals surface area contributed by atoms with Gasteiger partial charge in [-0.2, -0.15) is 0 Å². The van der Waals surface area contributed by atoms with Gasteiger partial charge in [-0.25, -0.2) is 0 Å². The van der Waals surface area contributed by atoms with E-state index in [4.69, 9.17) is 5.11 Å². The van der Waals surface area contributed by atoms with E-state index in [2.05, 4.69) is 5.32 Å². The van der Waals surface area contributed by atoms with Crippen LogP contribution in [-0.4, -0.2) is 29.9 Å². The molecule has 17 heavy (non-hydrogen) atoms. The summed E-state index contributed by atoms with van der Waals surface area (Å²) in [5.41, 5.74) is 0.666. The van der Waals surface area contributed by atoms with Gasteiger partial charge in [0.15, 0.2) is 0 Å². The van der Waals surface area contributed by atoms with Crippen LogP contribution in [0.1, 0.15) is 30.1 Å². The van der Waals surface area contributed by atoms with Crippen molar-refractivity contribution in [1.82, 2.24) is 5.32 Å². The van der Waals surface area contributed by atoms with Gasteiger partial charge in [-0.15, -0.1) is 11.8 Å². The molecule has 0 aromatic heterocycles. The summed E-state index contributed by atoms with van der Waals surface area (Å²) >= 11 is 1.65. The van der Waals surface area contributed by atoms with Gasteiger partial charge in [0.25, 0.3) is 5.91 Å². The first-order valence-electron chi connectivity index (χ1n) is 5.77. The number of carbonyl (C=O) groups excluding carboxylic acids is 1. The van der Waals surface area contributed by atoms with Gasteiger partial charge in [0.2, 0.25) is 0 Å². The summed E-state index contributed by atoms with van der Waals surface area (Å²) in [4.78, 5) is 13.0. The van der Waals surface area contributed by atoms with Crippen molar-refractivity contribution in [1.29, 1.82) is 0 Å². The molecule has 0 aliphatic rings. The van der Waals surface area contributed by atoms with Crippen LogP contribution in [0.3, 0.4) is 0 Å². The van der Waals surface area contributed by atoms with Crippen LogP contribution in [-0.2, 0) is 0 Å². The molecule has 1 aromatic rings. The van der Waals surface area contributed by atoms with E-state index in [-0.39, 0.29) is 18.6 Å². The Bertz CT molecular complexity index is 351. The Labute approximate surface area is 107 Å². The Hall–Kier alpha value is -1.00. The molecule has 1 aromatic carbocycles. The molecule has 3 nitrogen and oxygen atoms in total. The number of hydrogen-bond acceptors (Lipinski definition) is 3. The molecule has 1 amide bonds. The number of aliphatic hydroxyl groups is 1. The molecule has 0 aliphatic carbocycles. The molecule has 4 heteroatoms. The van der Waals surface area contributed by atoms with Gasteiger partial charge >= 0.3 is 0 Å². The molecular formula is C13H19NO2S. The predicted molar refractivity (Wildman–Crippen MR) is 71.5 cm³/mol. The summed E-state index contributed by atoms with van der Waals surface area (Å²) in [6.45, 7) is 2.10. The maximum absolute atomic E-state index is 11.9. The number of benzene rings is 1. The normalized spacial score (nSPS) is 12.2. The molecular weight excluding hydrogens is 234 g/mol. The van der Waals surface area contributed by atoms with Gasteiger partial charge in [-0.3, -0.25) is 4.79 Å². The van der Waals surface area contributed by atoms with Gasteiger partial charge in [0.1, 0.15) is 0 Å². The second-order valence-electron chi connectivity index (χ2n) is 3.82. The highest BCUT2D eigenvalue weighted by molar-refractivity contribution is 7.98. The summed E-state index contributed by atoms with van der Waals surface area (Å²) in [6.07, 6.45) is 3.43. The van der Waals surface area contributed by atoms with E-state index in [1.807, 2.05) is 37.4 Å². The summed E-state index contributed by atoms with van der Waals surface area (Å²) in [5.74, 6) is -0.0713.